The minimum absolute atomic E-state index is 0.0958. The molecule has 0 fully saturated rings. The van der Waals surface area contributed by atoms with Crippen molar-refractivity contribution in [2.45, 2.75) is 11.1 Å². The van der Waals surface area contributed by atoms with Crippen molar-refractivity contribution in [3.05, 3.63) is 60.5 Å². The summed E-state index contributed by atoms with van der Waals surface area (Å²) >= 11 is 0. The number of alkyl halides is 3. The molecule has 12 heteroatoms. The molecule has 168 valence electrons. The first-order chi connectivity index (χ1) is 14.5. The highest BCUT2D eigenvalue weighted by Gasteiger charge is 2.38. The number of nitrogens with zero attached hydrogens (tertiary/aromatic N) is 1. The van der Waals surface area contributed by atoms with E-state index in [-0.39, 0.29) is 4.90 Å². The van der Waals surface area contributed by atoms with Gasteiger partial charge >= 0.3 is 12.1 Å². The maximum absolute atomic E-state index is 13.4. The second-order valence-electron chi connectivity index (χ2n) is 6.02. The topological polar surface area (TPSA) is 97.6 Å². The van der Waals surface area contributed by atoms with Crippen LogP contribution in [0.4, 0.5) is 17.6 Å². The Kier molecular flexibility index (Phi) is 7.63. The van der Waals surface area contributed by atoms with Gasteiger partial charge in [-0.05, 0) is 43.4 Å². The van der Waals surface area contributed by atoms with Crippen molar-refractivity contribution in [3.8, 4) is 5.75 Å². The Morgan fingerprint density at radius 2 is 1.81 bits per heavy atom. The molecule has 0 saturated heterocycles. The van der Waals surface area contributed by atoms with Gasteiger partial charge in [0, 0.05) is 18.1 Å². The van der Waals surface area contributed by atoms with E-state index in [1.807, 2.05) is 7.05 Å². The number of halogens is 4. The number of carboxylic acid groups (broad SMARTS) is 1. The highest BCUT2D eigenvalue weighted by Crippen LogP contribution is 2.29. The van der Waals surface area contributed by atoms with Crippen LogP contribution in [0.25, 0.3) is 10.9 Å². The van der Waals surface area contributed by atoms with E-state index in [2.05, 4.69) is 5.32 Å². The number of fused-ring (bicyclic) bond motifs is 1. The molecule has 1 aromatic heterocycles. The smallest absolute Gasteiger partial charge is 0.490 e. The number of hydrogen-bond acceptors (Lipinski definition) is 5. The predicted octanol–water partition coefficient (Wildman–Crippen LogP) is 3.25. The highest BCUT2D eigenvalue weighted by molar-refractivity contribution is 7.90. The van der Waals surface area contributed by atoms with Crippen LogP contribution in [-0.2, 0) is 14.8 Å². The molecule has 0 saturated carbocycles. The van der Waals surface area contributed by atoms with E-state index in [0.29, 0.717) is 29.8 Å². The SMILES string of the molecule is CNCCOc1cccc2c1ccn2S(=O)(=O)c1cccc(F)c1.O=C(O)C(F)(F)F. The number of rotatable bonds is 6. The summed E-state index contributed by atoms with van der Waals surface area (Å²) in [6.45, 7) is 1.15. The lowest BCUT2D eigenvalue weighted by Gasteiger charge is -2.10. The number of aromatic nitrogens is 1. The Bertz CT molecular complexity index is 1160. The Labute approximate surface area is 174 Å². The van der Waals surface area contributed by atoms with Gasteiger partial charge in [-0.3, -0.25) is 0 Å². The molecule has 0 radical (unpaired) electrons. The van der Waals surface area contributed by atoms with Crippen molar-refractivity contribution in [3.63, 3.8) is 0 Å². The first kappa shape index (κ1) is 24.2. The summed E-state index contributed by atoms with van der Waals surface area (Å²) in [5, 5.41) is 10.8. The largest absolute Gasteiger partial charge is 0.492 e. The molecule has 0 aliphatic carbocycles. The van der Waals surface area contributed by atoms with Crippen LogP contribution in [0.5, 0.6) is 5.75 Å². The van der Waals surface area contributed by atoms with Crippen LogP contribution in [-0.4, -0.2) is 49.8 Å². The summed E-state index contributed by atoms with van der Waals surface area (Å²) < 4.78 is 77.5. The van der Waals surface area contributed by atoms with Gasteiger partial charge in [0.25, 0.3) is 10.0 Å². The molecule has 0 bridgehead atoms. The zero-order valence-electron chi connectivity index (χ0n) is 16.1. The monoisotopic (exact) mass is 462 g/mol. The molecule has 0 aliphatic rings. The molecule has 31 heavy (non-hydrogen) atoms. The van der Waals surface area contributed by atoms with Crippen molar-refractivity contribution in [1.82, 2.24) is 9.29 Å². The summed E-state index contributed by atoms with van der Waals surface area (Å²) in [5.41, 5.74) is 0.487. The molecule has 0 atom stereocenters. The number of ether oxygens (including phenoxy) is 1. The van der Waals surface area contributed by atoms with Crippen molar-refractivity contribution in [2.75, 3.05) is 20.2 Å². The fraction of sp³-hybridized carbons (Fsp3) is 0.211. The fourth-order valence-electron chi connectivity index (χ4n) is 2.45. The van der Waals surface area contributed by atoms with E-state index in [1.54, 1.807) is 24.3 Å². The predicted molar refractivity (Wildman–Crippen MR) is 104 cm³/mol. The van der Waals surface area contributed by atoms with Gasteiger partial charge in [-0.2, -0.15) is 13.2 Å². The molecule has 3 rings (SSSR count). The first-order valence-electron chi connectivity index (χ1n) is 8.67. The Morgan fingerprint density at radius 1 is 1.16 bits per heavy atom. The molecular formula is C19H18F4N2O5S. The molecule has 0 spiro atoms. The van der Waals surface area contributed by atoms with E-state index in [0.717, 1.165) is 10.0 Å². The molecule has 1 heterocycles. The van der Waals surface area contributed by atoms with Gasteiger partial charge in [0.1, 0.15) is 18.2 Å². The summed E-state index contributed by atoms with van der Waals surface area (Å²) in [6.07, 6.45) is -3.63. The van der Waals surface area contributed by atoms with Gasteiger partial charge in [-0.25, -0.2) is 21.6 Å². The van der Waals surface area contributed by atoms with E-state index < -0.39 is 28.0 Å². The van der Waals surface area contributed by atoms with E-state index >= 15 is 0 Å². The van der Waals surface area contributed by atoms with Crippen molar-refractivity contribution >= 4 is 26.9 Å². The van der Waals surface area contributed by atoms with Crippen LogP contribution < -0.4 is 10.1 Å². The number of aliphatic carboxylic acids is 1. The van der Waals surface area contributed by atoms with Crippen molar-refractivity contribution in [1.29, 1.82) is 0 Å². The molecule has 2 aromatic carbocycles. The summed E-state index contributed by atoms with van der Waals surface area (Å²) in [4.78, 5) is 8.80. The fourth-order valence-corrected chi connectivity index (χ4v) is 3.83. The Hall–Kier alpha value is -3.12. The van der Waals surface area contributed by atoms with Gasteiger partial charge in [-0.1, -0.05) is 12.1 Å². The molecular weight excluding hydrogens is 444 g/mol. The minimum atomic E-state index is -5.08. The van der Waals surface area contributed by atoms with E-state index in [4.69, 9.17) is 14.6 Å². The van der Waals surface area contributed by atoms with Crippen LogP contribution >= 0.6 is 0 Å². The van der Waals surface area contributed by atoms with Crippen LogP contribution in [0.3, 0.4) is 0 Å². The van der Waals surface area contributed by atoms with Crippen LogP contribution in [0, 0.1) is 5.82 Å². The zero-order valence-corrected chi connectivity index (χ0v) is 16.9. The molecule has 7 nitrogen and oxygen atoms in total. The standard InChI is InChI=1S/C17H17FN2O3S.C2HF3O2/c1-19-9-11-23-17-7-3-6-16-15(17)8-10-20(16)24(21,22)14-5-2-4-13(18)12-14;3-2(4,5)1(6)7/h2-8,10,12,19H,9,11H2,1H3;(H,6,7). The third-order valence-electron chi connectivity index (χ3n) is 3.86. The Balaban J connectivity index is 0.000000423. The number of carbonyl (C=O) groups is 1. The third-order valence-corrected chi connectivity index (χ3v) is 5.55. The molecule has 0 aliphatic heterocycles. The van der Waals surface area contributed by atoms with Crippen molar-refractivity contribution < 1.29 is 40.6 Å². The zero-order chi connectivity index (χ0) is 23.2. The lowest BCUT2D eigenvalue weighted by atomic mass is 10.2. The number of likely N-dealkylation sites (N-methyl/N-ethyl adjacent to an activating group) is 1. The number of hydrogen-bond donors (Lipinski definition) is 2. The first-order valence-corrected chi connectivity index (χ1v) is 10.1. The lowest BCUT2D eigenvalue weighted by molar-refractivity contribution is -0.192. The average molecular weight is 462 g/mol. The van der Waals surface area contributed by atoms with Gasteiger partial charge < -0.3 is 15.2 Å². The second-order valence-corrected chi connectivity index (χ2v) is 7.83. The van der Waals surface area contributed by atoms with Gasteiger partial charge in [0.2, 0.25) is 0 Å². The molecule has 0 amide bonds. The number of carboxylic acids is 1. The average Bonchev–Trinajstić information content (AvgIpc) is 3.14. The summed E-state index contributed by atoms with van der Waals surface area (Å²) in [5.74, 6) is -2.74. The van der Waals surface area contributed by atoms with Crippen LogP contribution in [0.2, 0.25) is 0 Å². The highest BCUT2D eigenvalue weighted by atomic mass is 32.2. The maximum Gasteiger partial charge on any atom is 0.490 e. The Morgan fingerprint density at radius 3 is 2.39 bits per heavy atom. The summed E-state index contributed by atoms with van der Waals surface area (Å²) in [6, 6.07) is 11.9. The van der Waals surface area contributed by atoms with E-state index in [9.17, 15) is 26.0 Å². The maximum atomic E-state index is 13.4. The van der Waals surface area contributed by atoms with E-state index in [1.165, 1.54) is 24.4 Å². The lowest BCUT2D eigenvalue weighted by Crippen LogP contribution is -2.21. The number of nitrogens with one attached hydrogen (secondary N) is 1. The normalized spacial score (nSPS) is 11.6. The van der Waals surface area contributed by atoms with Crippen LogP contribution in [0.1, 0.15) is 0 Å². The van der Waals surface area contributed by atoms with Crippen molar-refractivity contribution in [2.24, 2.45) is 0 Å². The molecule has 2 N–H and O–H groups in total. The molecule has 3 aromatic rings. The number of benzene rings is 2. The third kappa shape index (κ3) is 5.95. The summed E-state index contributed by atoms with van der Waals surface area (Å²) in [7, 11) is -2.05. The van der Waals surface area contributed by atoms with Gasteiger partial charge in [-0.15, -0.1) is 0 Å². The van der Waals surface area contributed by atoms with Gasteiger partial charge in [0.15, 0.2) is 0 Å². The van der Waals surface area contributed by atoms with Gasteiger partial charge in [0.05, 0.1) is 10.4 Å². The quantitative estimate of drug-likeness (QED) is 0.431. The molecule has 0 unspecified atom stereocenters. The van der Waals surface area contributed by atoms with Crippen LogP contribution in [0.15, 0.2) is 59.6 Å². The second kappa shape index (κ2) is 9.79. The minimum Gasteiger partial charge on any atom is -0.492 e.